The minimum atomic E-state index is 0. The molecule has 2 atom stereocenters. The number of amides is 1. The van der Waals surface area contributed by atoms with Gasteiger partial charge in [-0.3, -0.25) is 4.79 Å². The molecule has 1 aromatic carbocycles. The minimum absolute atomic E-state index is 0. The van der Waals surface area contributed by atoms with Crippen molar-refractivity contribution in [1.82, 2.24) is 10.6 Å². The normalized spacial score (nSPS) is 19.8. The molecule has 1 heterocycles. The molecule has 0 bridgehead atoms. The van der Waals surface area contributed by atoms with Crippen molar-refractivity contribution in [2.75, 3.05) is 34.4 Å². The van der Waals surface area contributed by atoms with E-state index in [2.05, 4.69) is 17.6 Å². The van der Waals surface area contributed by atoms with Crippen LogP contribution in [0.15, 0.2) is 12.1 Å². The predicted molar refractivity (Wildman–Crippen MR) is 95.6 cm³/mol. The average molecular weight is 359 g/mol. The van der Waals surface area contributed by atoms with Gasteiger partial charge in [-0.1, -0.05) is 6.92 Å². The fourth-order valence-electron chi connectivity index (χ4n) is 2.91. The fourth-order valence-corrected chi connectivity index (χ4v) is 2.91. The Kier molecular flexibility index (Phi) is 8.15. The summed E-state index contributed by atoms with van der Waals surface area (Å²) in [5.74, 6) is 2.10. The Balaban J connectivity index is 0.00000288. The van der Waals surface area contributed by atoms with E-state index >= 15 is 0 Å². The van der Waals surface area contributed by atoms with Gasteiger partial charge in [-0.25, -0.2) is 0 Å². The number of nitrogens with one attached hydrogen (secondary N) is 2. The van der Waals surface area contributed by atoms with Crippen LogP contribution in [0.5, 0.6) is 17.2 Å². The number of rotatable bonds is 6. The summed E-state index contributed by atoms with van der Waals surface area (Å²) < 4.78 is 15.9. The molecule has 24 heavy (non-hydrogen) atoms. The molecule has 7 heteroatoms. The van der Waals surface area contributed by atoms with E-state index in [1.165, 1.54) is 0 Å². The zero-order chi connectivity index (χ0) is 16.8. The van der Waals surface area contributed by atoms with Crippen molar-refractivity contribution in [2.45, 2.75) is 25.8 Å². The molecular formula is C17H27ClN2O4. The van der Waals surface area contributed by atoms with E-state index in [4.69, 9.17) is 14.2 Å². The van der Waals surface area contributed by atoms with Crippen molar-refractivity contribution in [3.8, 4) is 17.2 Å². The Morgan fingerprint density at radius 1 is 1.21 bits per heavy atom. The van der Waals surface area contributed by atoms with Crippen molar-refractivity contribution >= 4 is 18.3 Å². The summed E-state index contributed by atoms with van der Waals surface area (Å²) in [6.45, 7) is 4.03. The molecule has 1 amide bonds. The molecule has 136 valence electrons. The predicted octanol–water partition coefficient (Wildman–Crippen LogP) is 1.79. The minimum Gasteiger partial charge on any atom is -0.493 e. The molecule has 0 saturated carbocycles. The van der Waals surface area contributed by atoms with Crippen LogP contribution in [0.25, 0.3) is 0 Å². The van der Waals surface area contributed by atoms with E-state index in [0.717, 1.165) is 25.1 Å². The van der Waals surface area contributed by atoms with E-state index in [-0.39, 0.29) is 30.8 Å². The van der Waals surface area contributed by atoms with E-state index in [1.54, 1.807) is 21.3 Å². The van der Waals surface area contributed by atoms with Crippen molar-refractivity contribution < 1.29 is 19.0 Å². The lowest BCUT2D eigenvalue weighted by molar-refractivity contribution is -0.121. The van der Waals surface area contributed by atoms with Crippen molar-refractivity contribution in [3.05, 3.63) is 17.7 Å². The van der Waals surface area contributed by atoms with Crippen molar-refractivity contribution in [3.63, 3.8) is 0 Å². The Bertz CT molecular complexity index is 528. The van der Waals surface area contributed by atoms with Crippen LogP contribution in [0, 0.1) is 5.92 Å². The number of ether oxygens (including phenoxy) is 3. The Labute approximate surface area is 149 Å². The molecule has 1 aliphatic heterocycles. The van der Waals surface area contributed by atoms with Gasteiger partial charge in [0.15, 0.2) is 11.5 Å². The molecular weight excluding hydrogens is 332 g/mol. The first kappa shape index (κ1) is 20.4. The van der Waals surface area contributed by atoms with Gasteiger partial charge in [-0.15, -0.1) is 12.4 Å². The molecule has 2 rings (SSSR count). The zero-order valence-electron chi connectivity index (χ0n) is 14.7. The van der Waals surface area contributed by atoms with Gasteiger partial charge in [0.1, 0.15) is 0 Å². The largest absolute Gasteiger partial charge is 0.493 e. The van der Waals surface area contributed by atoms with Crippen LogP contribution in [-0.4, -0.2) is 46.4 Å². The first-order valence-corrected chi connectivity index (χ1v) is 7.88. The lowest BCUT2D eigenvalue weighted by Gasteiger charge is -2.30. The summed E-state index contributed by atoms with van der Waals surface area (Å²) in [5, 5.41) is 6.46. The summed E-state index contributed by atoms with van der Waals surface area (Å²) in [6, 6.07) is 3.85. The number of carbonyl (C=O) groups is 1. The number of benzene rings is 1. The quantitative estimate of drug-likeness (QED) is 0.811. The summed E-state index contributed by atoms with van der Waals surface area (Å²) in [5.41, 5.74) is 0.832. The number of carbonyl (C=O) groups excluding carboxylic acids is 1. The maximum atomic E-state index is 12.3. The summed E-state index contributed by atoms with van der Waals surface area (Å²) in [4.78, 5) is 12.3. The molecule has 0 aliphatic carbocycles. The highest BCUT2D eigenvalue weighted by atomic mass is 35.5. The summed E-state index contributed by atoms with van der Waals surface area (Å²) >= 11 is 0. The lowest BCUT2D eigenvalue weighted by Crippen LogP contribution is -2.48. The third-order valence-corrected chi connectivity index (χ3v) is 4.22. The SMILES string of the molecule is COc1cc(CC(=O)NC2CCNCC2C)cc(OC)c1OC.Cl. The maximum absolute atomic E-state index is 12.3. The van der Waals surface area contributed by atoms with E-state index in [0.29, 0.717) is 23.2 Å². The Hall–Kier alpha value is -1.66. The second kappa shape index (κ2) is 9.59. The molecule has 1 aliphatic rings. The fraction of sp³-hybridized carbons (Fsp3) is 0.588. The van der Waals surface area contributed by atoms with Gasteiger partial charge in [-0.05, 0) is 43.1 Å². The first-order valence-electron chi connectivity index (χ1n) is 7.88. The van der Waals surface area contributed by atoms with Crippen LogP contribution < -0.4 is 24.8 Å². The summed E-state index contributed by atoms with van der Waals surface area (Å²) in [6.07, 6.45) is 1.25. The highest BCUT2D eigenvalue weighted by Crippen LogP contribution is 2.38. The van der Waals surface area contributed by atoms with Crippen LogP contribution in [-0.2, 0) is 11.2 Å². The van der Waals surface area contributed by atoms with E-state index in [1.807, 2.05) is 12.1 Å². The van der Waals surface area contributed by atoms with Crippen LogP contribution in [0.3, 0.4) is 0 Å². The highest BCUT2D eigenvalue weighted by Gasteiger charge is 2.23. The lowest BCUT2D eigenvalue weighted by atomic mass is 9.95. The van der Waals surface area contributed by atoms with E-state index in [9.17, 15) is 4.79 Å². The standard InChI is InChI=1S/C17H26N2O4.ClH/c1-11-10-18-6-5-13(11)19-16(20)9-12-7-14(21-2)17(23-4)15(8-12)22-3;/h7-8,11,13,18H,5-6,9-10H2,1-4H3,(H,19,20);1H. The van der Waals surface area contributed by atoms with E-state index < -0.39 is 0 Å². The molecule has 2 unspecified atom stereocenters. The smallest absolute Gasteiger partial charge is 0.224 e. The van der Waals surface area contributed by atoms with Crippen LogP contribution in [0.4, 0.5) is 0 Å². The average Bonchev–Trinajstić information content (AvgIpc) is 2.55. The molecule has 2 N–H and O–H groups in total. The van der Waals surface area contributed by atoms with Gasteiger partial charge in [0.25, 0.3) is 0 Å². The number of piperidine rings is 1. The third kappa shape index (κ3) is 4.92. The molecule has 0 radical (unpaired) electrons. The molecule has 1 aromatic rings. The van der Waals surface area contributed by atoms with Gasteiger partial charge >= 0.3 is 0 Å². The number of hydrogen-bond donors (Lipinski definition) is 2. The van der Waals surface area contributed by atoms with Gasteiger partial charge in [0.2, 0.25) is 11.7 Å². The third-order valence-electron chi connectivity index (χ3n) is 4.22. The van der Waals surface area contributed by atoms with Gasteiger partial charge in [-0.2, -0.15) is 0 Å². The topological polar surface area (TPSA) is 68.8 Å². The first-order chi connectivity index (χ1) is 11.1. The summed E-state index contributed by atoms with van der Waals surface area (Å²) in [7, 11) is 4.70. The zero-order valence-corrected chi connectivity index (χ0v) is 15.5. The van der Waals surface area contributed by atoms with Crippen molar-refractivity contribution in [2.24, 2.45) is 5.92 Å². The number of hydrogen-bond acceptors (Lipinski definition) is 5. The Morgan fingerprint density at radius 3 is 2.33 bits per heavy atom. The Morgan fingerprint density at radius 2 is 1.83 bits per heavy atom. The van der Waals surface area contributed by atoms with Crippen LogP contribution in [0.2, 0.25) is 0 Å². The number of methoxy groups -OCH3 is 3. The second-order valence-corrected chi connectivity index (χ2v) is 5.85. The van der Waals surface area contributed by atoms with Gasteiger partial charge in [0, 0.05) is 6.04 Å². The van der Waals surface area contributed by atoms with Gasteiger partial charge in [0.05, 0.1) is 27.8 Å². The molecule has 0 aromatic heterocycles. The van der Waals surface area contributed by atoms with Crippen LogP contribution in [0.1, 0.15) is 18.9 Å². The second-order valence-electron chi connectivity index (χ2n) is 5.85. The number of halogens is 1. The highest BCUT2D eigenvalue weighted by molar-refractivity contribution is 5.85. The van der Waals surface area contributed by atoms with Crippen molar-refractivity contribution in [1.29, 1.82) is 0 Å². The van der Waals surface area contributed by atoms with Crippen LogP contribution >= 0.6 is 12.4 Å². The molecule has 1 saturated heterocycles. The van der Waals surface area contributed by atoms with Gasteiger partial charge < -0.3 is 24.8 Å². The molecule has 0 spiro atoms. The monoisotopic (exact) mass is 358 g/mol. The molecule has 1 fully saturated rings. The molecule has 6 nitrogen and oxygen atoms in total. The maximum Gasteiger partial charge on any atom is 0.224 e.